The Hall–Kier alpha value is -3.09. The highest BCUT2D eigenvalue weighted by Gasteiger charge is 2.13. The number of nitrogens with one attached hydrogen (secondary N) is 3. The zero-order valence-electron chi connectivity index (χ0n) is 13.8. The Labute approximate surface area is 138 Å². The zero-order valence-corrected chi connectivity index (χ0v) is 13.8. The number of imidazole rings is 1. The lowest BCUT2D eigenvalue weighted by atomic mass is 10.1. The highest BCUT2D eigenvalue weighted by atomic mass is 16.2. The van der Waals surface area contributed by atoms with Crippen molar-refractivity contribution in [1.82, 2.24) is 20.3 Å². The Bertz CT molecular complexity index is 924. The van der Waals surface area contributed by atoms with Gasteiger partial charge in [-0.25, -0.2) is 9.78 Å². The lowest BCUT2D eigenvalue weighted by Crippen LogP contribution is -2.26. The molecule has 7 heteroatoms. The molecular weight excluding hydrogens is 306 g/mol. The minimum Gasteiger partial charge on any atom is -0.363 e. The molecule has 3 rings (SSSR count). The number of rotatable bonds is 4. The standard InChI is InChI=1S/C17H19N5O2/c1-10(11-4-6-13-14(8-11)21-17(24)20-13)19-16(23)12-5-7-15(18-9-12)22(2)3/h4-10H,1-3H3,(H,19,23)(H2,20,21,24). The largest absolute Gasteiger partial charge is 0.363 e. The van der Waals surface area contributed by atoms with Crippen LogP contribution in [0.25, 0.3) is 11.0 Å². The molecule has 2 heterocycles. The molecule has 0 aliphatic carbocycles. The molecule has 124 valence electrons. The number of anilines is 1. The predicted octanol–water partition coefficient (Wildman–Crippen LogP) is 1.81. The van der Waals surface area contributed by atoms with Gasteiger partial charge in [-0.1, -0.05) is 6.07 Å². The van der Waals surface area contributed by atoms with Gasteiger partial charge in [-0.3, -0.25) is 4.79 Å². The van der Waals surface area contributed by atoms with Crippen LogP contribution in [0.1, 0.15) is 28.9 Å². The van der Waals surface area contributed by atoms with E-state index in [1.165, 1.54) is 0 Å². The normalized spacial score (nSPS) is 12.1. The maximum atomic E-state index is 12.3. The maximum absolute atomic E-state index is 12.3. The van der Waals surface area contributed by atoms with Crippen LogP contribution in [0.3, 0.4) is 0 Å². The Morgan fingerprint density at radius 2 is 1.92 bits per heavy atom. The summed E-state index contributed by atoms with van der Waals surface area (Å²) in [5, 5.41) is 2.94. The minimum absolute atomic E-state index is 0.192. The summed E-state index contributed by atoms with van der Waals surface area (Å²) >= 11 is 0. The molecule has 3 N–H and O–H groups in total. The van der Waals surface area contributed by atoms with Crippen molar-refractivity contribution in [2.45, 2.75) is 13.0 Å². The van der Waals surface area contributed by atoms with Gasteiger partial charge in [0.05, 0.1) is 22.6 Å². The van der Waals surface area contributed by atoms with Gasteiger partial charge < -0.3 is 20.2 Å². The highest BCUT2D eigenvalue weighted by molar-refractivity contribution is 5.94. The average molecular weight is 325 g/mol. The molecule has 1 atom stereocenters. The summed E-state index contributed by atoms with van der Waals surface area (Å²) in [7, 11) is 3.79. The number of carbonyl (C=O) groups excluding carboxylic acids is 1. The van der Waals surface area contributed by atoms with Crippen LogP contribution in [0.5, 0.6) is 0 Å². The number of nitrogens with zero attached hydrogens (tertiary/aromatic N) is 2. The van der Waals surface area contributed by atoms with Gasteiger partial charge in [-0.2, -0.15) is 0 Å². The second-order valence-electron chi connectivity index (χ2n) is 5.88. The number of fused-ring (bicyclic) bond motifs is 1. The first-order chi connectivity index (χ1) is 11.4. The van der Waals surface area contributed by atoms with Crippen molar-refractivity contribution >= 4 is 22.8 Å². The van der Waals surface area contributed by atoms with E-state index in [9.17, 15) is 9.59 Å². The van der Waals surface area contributed by atoms with Crippen LogP contribution in [0, 0.1) is 0 Å². The summed E-state index contributed by atoms with van der Waals surface area (Å²) in [6.45, 7) is 1.89. The lowest BCUT2D eigenvalue weighted by Gasteiger charge is -2.15. The van der Waals surface area contributed by atoms with E-state index in [4.69, 9.17) is 0 Å². The molecule has 1 unspecified atom stereocenters. The second-order valence-corrected chi connectivity index (χ2v) is 5.88. The molecule has 7 nitrogen and oxygen atoms in total. The smallest absolute Gasteiger partial charge is 0.323 e. The maximum Gasteiger partial charge on any atom is 0.323 e. The molecule has 0 spiro atoms. The molecule has 3 aromatic rings. The Morgan fingerprint density at radius 3 is 2.58 bits per heavy atom. The molecule has 1 amide bonds. The van der Waals surface area contributed by atoms with E-state index in [0.717, 1.165) is 22.4 Å². The number of hydrogen-bond acceptors (Lipinski definition) is 4. The summed E-state index contributed by atoms with van der Waals surface area (Å²) in [5.41, 5.74) is 2.62. The fraction of sp³-hybridized carbons (Fsp3) is 0.235. The Balaban J connectivity index is 1.75. The van der Waals surface area contributed by atoms with Gasteiger partial charge >= 0.3 is 5.69 Å². The Kier molecular flexibility index (Phi) is 4.07. The van der Waals surface area contributed by atoms with Crippen molar-refractivity contribution in [2.24, 2.45) is 0 Å². The van der Waals surface area contributed by atoms with E-state index < -0.39 is 0 Å². The minimum atomic E-state index is -0.245. The number of hydrogen-bond donors (Lipinski definition) is 3. The highest BCUT2D eigenvalue weighted by Crippen LogP contribution is 2.17. The molecule has 0 aliphatic heterocycles. The van der Waals surface area contributed by atoms with Crippen LogP contribution in [0.15, 0.2) is 41.3 Å². The van der Waals surface area contributed by atoms with Crippen LogP contribution in [-0.2, 0) is 0 Å². The third kappa shape index (κ3) is 3.15. The van der Waals surface area contributed by atoms with Crippen molar-refractivity contribution in [1.29, 1.82) is 0 Å². The first kappa shape index (κ1) is 15.8. The number of benzene rings is 1. The van der Waals surface area contributed by atoms with E-state index in [-0.39, 0.29) is 17.6 Å². The first-order valence-corrected chi connectivity index (χ1v) is 7.60. The van der Waals surface area contributed by atoms with Gasteiger partial charge in [0.2, 0.25) is 0 Å². The molecule has 2 aromatic heterocycles. The SMILES string of the molecule is CC(NC(=O)c1ccc(N(C)C)nc1)c1ccc2[nH]c(=O)[nH]c2c1. The number of carbonyl (C=O) groups is 1. The molecule has 0 radical (unpaired) electrons. The van der Waals surface area contributed by atoms with E-state index in [0.29, 0.717) is 5.56 Å². The summed E-state index contributed by atoms with van der Waals surface area (Å²) in [5.74, 6) is 0.601. The monoisotopic (exact) mass is 325 g/mol. The van der Waals surface area contributed by atoms with Crippen molar-refractivity contribution < 1.29 is 4.79 Å². The second kappa shape index (κ2) is 6.19. The van der Waals surface area contributed by atoms with Gasteiger partial charge in [0.25, 0.3) is 5.91 Å². The number of aromatic nitrogens is 3. The van der Waals surface area contributed by atoms with Crippen LogP contribution in [-0.4, -0.2) is 35.0 Å². The summed E-state index contributed by atoms with van der Waals surface area (Å²) in [6, 6.07) is 8.90. The van der Waals surface area contributed by atoms with Crippen LogP contribution in [0.4, 0.5) is 5.82 Å². The average Bonchev–Trinajstić information content (AvgIpc) is 2.93. The van der Waals surface area contributed by atoms with Crippen molar-refractivity contribution in [3.8, 4) is 0 Å². The fourth-order valence-corrected chi connectivity index (χ4v) is 2.47. The molecule has 0 saturated heterocycles. The van der Waals surface area contributed by atoms with E-state index in [1.807, 2.05) is 44.1 Å². The molecule has 0 fully saturated rings. The molecule has 0 aliphatic rings. The van der Waals surface area contributed by atoms with Crippen LogP contribution >= 0.6 is 0 Å². The number of aromatic amines is 2. The third-order valence-corrected chi connectivity index (χ3v) is 3.86. The number of amides is 1. The molecule has 0 saturated carbocycles. The van der Waals surface area contributed by atoms with Gasteiger partial charge in [-0.15, -0.1) is 0 Å². The van der Waals surface area contributed by atoms with Crippen LogP contribution in [0.2, 0.25) is 0 Å². The van der Waals surface area contributed by atoms with Crippen molar-refractivity contribution in [3.05, 3.63) is 58.1 Å². The zero-order chi connectivity index (χ0) is 17.3. The molecule has 24 heavy (non-hydrogen) atoms. The van der Waals surface area contributed by atoms with E-state index >= 15 is 0 Å². The van der Waals surface area contributed by atoms with Crippen LogP contribution < -0.4 is 15.9 Å². The van der Waals surface area contributed by atoms with Gasteiger partial charge in [0.1, 0.15) is 5.82 Å². The fourth-order valence-electron chi connectivity index (χ4n) is 2.47. The molecule has 1 aromatic carbocycles. The van der Waals surface area contributed by atoms with Crippen molar-refractivity contribution in [2.75, 3.05) is 19.0 Å². The van der Waals surface area contributed by atoms with Crippen molar-refractivity contribution in [3.63, 3.8) is 0 Å². The predicted molar refractivity (Wildman–Crippen MR) is 93.4 cm³/mol. The Morgan fingerprint density at radius 1 is 1.17 bits per heavy atom. The van der Waals surface area contributed by atoms with E-state index in [2.05, 4.69) is 20.3 Å². The summed E-state index contributed by atoms with van der Waals surface area (Å²) in [6.07, 6.45) is 1.56. The van der Waals surface area contributed by atoms with Gasteiger partial charge in [-0.05, 0) is 36.8 Å². The number of pyridine rings is 1. The molecule has 0 bridgehead atoms. The molecular formula is C17H19N5O2. The van der Waals surface area contributed by atoms with Gasteiger partial charge in [0, 0.05) is 20.3 Å². The lowest BCUT2D eigenvalue weighted by molar-refractivity contribution is 0.0939. The number of H-pyrrole nitrogens is 2. The summed E-state index contributed by atoms with van der Waals surface area (Å²) in [4.78, 5) is 35.2. The first-order valence-electron chi connectivity index (χ1n) is 7.60. The van der Waals surface area contributed by atoms with E-state index in [1.54, 1.807) is 18.3 Å². The summed E-state index contributed by atoms with van der Waals surface area (Å²) < 4.78 is 0. The topological polar surface area (TPSA) is 93.9 Å². The third-order valence-electron chi connectivity index (χ3n) is 3.86. The quantitative estimate of drug-likeness (QED) is 0.682. The van der Waals surface area contributed by atoms with Gasteiger partial charge in [0.15, 0.2) is 0 Å².